The Balaban J connectivity index is 2.01. The first-order valence-electron chi connectivity index (χ1n) is 7.15. The van der Waals surface area contributed by atoms with Gasteiger partial charge in [-0.15, -0.1) is 0 Å². The van der Waals surface area contributed by atoms with E-state index in [1.165, 1.54) is 12.4 Å². The van der Waals surface area contributed by atoms with Gasteiger partial charge < -0.3 is 15.7 Å². The third kappa shape index (κ3) is 3.11. The maximum atomic E-state index is 12.9. The number of benzene rings is 1. The molecule has 1 aromatic carbocycles. The molecule has 3 rings (SSSR count). The number of halogens is 4. The average Bonchev–Trinajstić information content (AvgIpc) is 2.91. The van der Waals surface area contributed by atoms with Crippen LogP contribution in [0, 0.1) is 0 Å². The van der Waals surface area contributed by atoms with E-state index in [4.69, 9.17) is 17.3 Å². The number of nitrogens with zero attached hydrogens (tertiary/aromatic N) is 3. The van der Waals surface area contributed by atoms with Gasteiger partial charge in [-0.05, 0) is 24.1 Å². The third-order valence-electron chi connectivity index (χ3n) is 3.95. The molecule has 9 heteroatoms. The summed E-state index contributed by atoms with van der Waals surface area (Å²) >= 11 is 6.12. The highest BCUT2D eigenvalue weighted by atomic mass is 35.5. The van der Waals surface area contributed by atoms with Crippen molar-refractivity contribution in [3.05, 3.63) is 46.7 Å². The molecule has 0 aliphatic carbocycles. The van der Waals surface area contributed by atoms with Gasteiger partial charge in [0, 0.05) is 6.54 Å². The second kappa shape index (κ2) is 6.10. The normalized spacial score (nSPS) is 21.3. The first-order chi connectivity index (χ1) is 11.3. The molecular weight excluding hydrogens is 345 g/mol. The van der Waals surface area contributed by atoms with Crippen molar-refractivity contribution in [2.45, 2.75) is 24.7 Å². The van der Waals surface area contributed by atoms with E-state index >= 15 is 0 Å². The monoisotopic (exact) mass is 358 g/mol. The lowest BCUT2D eigenvalue weighted by molar-refractivity contribution is -0.137. The number of hydrogen-bond acceptors (Lipinski definition) is 5. The Hall–Kier alpha value is -2.06. The number of aliphatic hydroxyl groups excluding tert-OH is 1. The number of nitrogen functional groups attached to an aromatic ring is 1. The summed E-state index contributed by atoms with van der Waals surface area (Å²) in [6.07, 6.45) is -3.65. The van der Waals surface area contributed by atoms with E-state index in [-0.39, 0.29) is 23.8 Å². The molecule has 0 radical (unpaired) electrons. The molecule has 0 amide bonds. The van der Waals surface area contributed by atoms with Gasteiger partial charge in [-0.1, -0.05) is 23.7 Å². The van der Waals surface area contributed by atoms with E-state index in [2.05, 4.69) is 9.97 Å². The van der Waals surface area contributed by atoms with Crippen LogP contribution in [0.5, 0.6) is 0 Å². The molecule has 1 aromatic heterocycles. The zero-order valence-electron chi connectivity index (χ0n) is 12.3. The maximum absolute atomic E-state index is 12.9. The van der Waals surface area contributed by atoms with Crippen LogP contribution in [0.1, 0.15) is 23.6 Å². The van der Waals surface area contributed by atoms with Crippen molar-refractivity contribution in [1.82, 2.24) is 9.97 Å². The van der Waals surface area contributed by atoms with Crippen molar-refractivity contribution in [2.24, 2.45) is 0 Å². The molecule has 0 bridgehead atoms. The van der Waals surface area contributed by atoms with E-state index < -0.39 is 23.9 Å². The molecule has 3 N–H and O–H groups in total. The quantitative estimate of drug-likeness (QED) is 0.863. The van der Waals surface area contributed by atoms with Crippen molar-refractivity contribution in [3.8, 4) is 0 Å². The highest BCUT2D eigenvalue weighted by Crippen LogP contribution is 2.40. The Morgan fingerprint density at radius 2 is 2.04 bits per heavy atom. The maximum Gasteiger partial charge on any atom is 0.416 e. The smallest absolute Gasteiger partial charge is 0.391 e. The van der Waals surface area contributed by atoms with E-state index in [1.54, 1.807) is 11.0 Å². The number of hydrogen-bond donors (Lipinski definition) is 2. The van der Waals surface area contributed by atoms with Gasteiger partial charge in [-0.2, -0.15) is 13.2 Å². The average molecular weight is 359 g/mol. The second-order valence-corrected chi connectivity index (χ2v) is 5.96. The fraction of sp³-hybridized carbons (Fsp3) is 0.333. The fourth-order valence-electron chi connectivity index (χ4n) is 2.86. The van der Waals surface area contributed by atoms with Gasteiger partial charge in [0.1, 0.15) is 17.2 Å². The number of aromatic nitrogens is 2. The predicted octanol–water partition coefficient (Wildman–Crippen LogP) is 3.04. The van der Waals surface area contributed by atoms with Gasteiger partial charge in [0.25, 0.3) is 0 Å². The van der Waals surface area contributed by atoms with Gasteiger partial charge in [0.2, 0.25) is 0 Å². The van der Waals surface area contributed by atoms with Crippen LogP contribution in [0.25, 0.3) is 0 Å². The Kier molecular flexibility index (Phi) is 4.27. The topological polar surface area (TPSA) is 75.3 Å². The van der Waals surface area contributed by atoms with Gasteiger partial charge >= 0.3 is 6.18 Å². The van der Waals surface area contributed by atoms with Crippen LogP contribution in [0.4, 0.5) is 24.8 Å². The first kappa shape index (κ1) is 16.8. The minimum absolute atomic E-state index is 0.0749. The molecule has 24 heavy (non-hydrogen) atoms. The molecule has 2 atom stereocenters. The number of anilines is 2. The number of alkyl halides is 3. The van der Waals surface area contributed by atoms with Crippen LogP contribution < -0.4 is 10.6 Å². The van der Waals surface area contributed by atoms with E-state index in [0.717, 1.165) is 12.1 Å². The van der Waals surface area contributed by atoms with Crippen LogP contribution >= 0.6 is 11.6 Å². The van der Waals surface area contributed by atoms with Gasteiger partial charge in [0.15, 0.2) is 5.82 Å². The lowest BCUT2D eigenvalue weighted by atomic mass is 10.0. The highest BCUT2D eigenvalue weighted by molar-refractivity contribution is 6.35. The number of β-amino-alcohol motifs (C(OH)–C–C–N with tert-alkyl or cyclic N) is 1. The van der Waals surface area contributed by atoms with Crippen molar-refractivity contribution in [3.63, 3.8) is 0 Å². The zero-order valence-corrected chi connectivity index (χ0v) is 13.1. The van der Waals surface area contributed by atoms with Crippen molar-refractivity contribution >= 4 is 23.2 Å². The van der Waals surface area contributed by atoms with Crippen LogP contribution in [0.2, 0.25) is 5.02 Å². The Morgan fingerprint density at radius 1 is 1.29 bits per heavy atom. The van der Waals surface area contributed by atoms with Gasteiger partial charge in [-0.25, -0.2) is 9.97 Å². The van der Waals surface area contributed by atoms with Crippen molar-refractivity contribution < 1.29 is 18.3 Å². The predicted molar refractivity (Wildman–Crippen MR) is 83.6 cm³/mol. The van der Waals surface area contributed by atoms with Gasteiger partial charge in [0.05, 0.1) is 17.7 Å². The largest absolute Gasteiger partial charge is 0.416 e. The fourth-order valence-corrected chi connectivity index (χ4v) is 3.07. The van der Waals surface area contributed by atoms with Crippen LogP contribution in [-0.2, 0) is 6.18 Å². The molecule has 128 valence electrons. The minimum atomic E-state index is -4.44. The molecule has 0 saturated carbocycles. The molecule has 1 aliphatic heterocycles. The molecule has 0 unspecified atom stereocenters. The van der Waals surface area contributed by atoms with Crippen molar-refractivity contribution in [1.29, 1.82) is 0 Å². The lowest BCUT2D eigenvalue weighted by Crippen LogP contribution is -2.26. The molecule has 1 aliphatic rings. The van der Waals surface area contributed by atoms with Crippen LogP contribution in [0.3, 0.4) is 0 Å². The second-order valence-electron chi connectivity index (χ2n) is 5.58. The molecule has 1 saturated heterocycles. The molecule has 2 aromatic rings. The molecule has 5 nitrogen and oxygen atoms in total. The van der Waals surface area contributed by atoms with E-state index in [9.17, 15) is 18.3 Å². The third-order valence-corrected chi connectivity index (χ3v) is 4.31. The highest BCUT2D eigenvalue weighted by Gasteiger charge is 2.36. The summed E-state index contributed by atoms with van der Waals surface area (Å²) in [6, 6.07) is 4.53. The molecule has 1 fully saturated rings. The summed E-state index contributed by atoms with van der Waals surface area (Å²) in [5.74, 6) is 0.369. The van der Waals surface area contributed by atoms with Crippen LogP contribution in [-0.4, -0.2) is 27.7 Å². The summed E-state index contributed by atoms with van der Waals surface area (Å²) in [4.78, 5) is 9.50. The van der Waals surface area contributed by atoms with E-state index in [0.29, 0.717) is 11.4 Å². The SMILES string of the molecule is Nc1ncnc(N2C[C@@H](O)C[C@H]2c2cccc(C(F)(F)F)c2)c1Cl. The van der Waals surface area contributed by atoms with Crippen LogP contribution in [0.15, 0.2) is 30.6 Å². The summed E-state index contributed by atoms with van der Waals surface area (Å²) in [5, 5.41) is 10.1. The lowest BCUT2D eigenvalue weighted by Gasteiger charge is -2.27. The number of aliphatic hydroxyl groups is 1. The van der Waals surface area contributed by atoms with Crippen molar-refractivity contribution in [2.75, 3.05) is 17.2 Å². The molecular formula is C15H14ClF3N4O. The number of rotatable bonds is 2. The Labute approximate surface area is 140 Å². The van der Waals surface area contributed by atoms with E-state index in [1.807, 2.05) is 0 Å². The first-order valence-corrected chi connectivity index (χ1v) is 7.53. The summed E-state index contributed by atoms with van der Waals surface area (Å²) in [5.41, 5.74) is 5.35. The summed E-state index contributed by atoms with van der Waals surface area (Å²) in [6.45, 7) is 0.192. The minimum Gasteiger partial charge on any atom is -0.391 e. The zero-order chi connectivity index (χ0) is 17.5. The summed E-state index contributed by atoms with van der Waals surface area (Å²) in [7, 11) is 0. The molecule has 0 spiro atoms. The Morgan fingerprint density at radius 3 is 2.75 bits per heavy atom. The summed E-state index contributed by atoms with van der Waals surface area (Å²) < 4.78 is 38.8. The van der Waals surface area contributed by atoms with Gasteiger partial charge in [-0.3, -0.25) is 0 Å². The Bertz CT molecular complexity index is 756. The number of nitrogens with two attached hydrogens (primary N) is 1. The standard InChI is InChI=1S/C15H14ClF3N4O/c16-12-13(20)21-7-22-14(12)23-6-10(24)5-11(23)8-2-1-3-9(4-8)15(17,18)19/h1-4,7,10-11,24H,5-6H2,(H2,20,21,22)/t10-,11-/m0/s1. The molecule has 2 heterocycles.